The van der Waals surface area contributed by atoms with E-state index in [1.165, 1.54) is 6.07 Å². The van der Waals surface area contributed by atoms with Crippen LogP contribution in [0, 0.1) is 0 Å². The maximum absolute atomic E-state index is 12.6. The molecule has 21 heavy (non-hydrogen) atoms. The summed E-state index contributed by atoms with van der Waals surface area (Å²) in [5.41, 5.74) is -0.282. The van der Waals surface area contributed by atoms with Crippen molar-refractivity contribution in [2.75, 3.05) is 13.1 Å². The smallest absolute Gasteiger partial charge is 0.351 e. The lowest BCUT2D eigenvalue weighted by Crippen LogP contribution is -2.58. The second-order valence-corrected chi connectivity index (χ2v) is 5.19. The fourth-order valence-corrected chi connectivity index (χ4v) is 2.14. The van der Waals surface area contributed by atoms with E-state index < -0.39 is 11.7 Å². The van der Waals surface area contributed by atoms with E-state index in [4.69, 9.17) is 0 Å². The average molecular weight is 301 g/mol. The van der Waals surface area contributed by atoms with Crippen molar-refractivity contribution >= 4 is 5.91 Å². The Morgan fingerprint density at radius 2 is 2.10 bits per heavy atom. The van der Waals surface area contributed by atoms with Crippen LogP contribution in [-0.4, -0.2) is 31.1 Å². The molecule has 1 fully saturated rings. The van der Waals surface area contributed by atoms with Gasteiger partial charge in [0.05, 0.1) is 11.6 Å². The zero-order valence-electron chi connectivity index (χ0n) is 11.6. The highest BCUT2D eigenvalue weighted by Crippen LogP contribution is 2.29. The standard InChI is InChI=1S/C14H18F3N3O/c1-9-6-19-12(8-18-9)13(21)20-7-10-3-2-4-11(5-10)14(15,16)17/h2-5,9,12,18-19H,6-8H2,1H3,(H,20,21). The molecule has 1 aliphatic heterocycles. The predicted molar refractivity (Wildman–Crippen MR) is 72.5 cm³/mol. The number of rotatable bonds is 3. The van der Waals surface area contributed by atoms with Crippen molar-refractivity contribution in [1.29, 1.82) is 0 Å². The number of carbonyl (C=O) groups is 1. The fourth-order valence-electron chi connectivity index (χ4n) is 2.14. The van der Waals surface area contributed by atoms with Gasteiger partial charge in [-0.25, -0.2) is 0 Å². The predicted octanol–water partition coefficient (Wildman–Crippen LogP) is 1.27. The van der Waals surface area contributed by atoms with Gasteiger partial charge < -0.3 is 16.0 Å². The van der Waals surface area contributed by atoms with Crippen LogP contribution in [0.4, 0.5) is 13.2 Å². The Balaban J connectivity index is 1.89. The lowest BCUT2D eigenvalue weighted by molar-refractivity contribution is -0.137. The van der Waals surface area contributed by atoms with E-state index >= 15 is 0 Å². The van der Waals surface area contributed by atoms with Crippen LogP contribution in [0.2, 0.25) is 0 Å². The molecule has 7 heteroatoms. The molecule has 1 aromatic rings. The van der Waals surface area contributed by atoms with Crippen LogP contribution >= 0.6 is 0 Å². The molecule has 0 aromatic heterocycles. The van der Waals surface area contributed by atoms with Crippen LogP contribution in [0.1, 0.15) is 18.1 Å². The molecule has 4 nitrogen and oxygen atoms in total. The van der Waals surface area contributed by atoms with E-state index in [1.54, 1.807) is 6.07 Å². The van der Waals surface area contributed by atoms with Gasteiger partial charge in [-0.15, -0.1) is 0 Å². The van der Waals surface area contributed by atoms with Crippen molar-refractivity contribution in [3.8, 4) is 0 Å². The van der Waals surface area contributed by atoms with Crippen LogP contribution in [0.25, 0.3) is 0 Å². The summed E-state index contributed by atoms with van der Waals surface area (Å²) in [6.07, 6.45) is -4.37. The number of benzene rings is 1. The minimum atomic E-state index is -4.37. The Morgan fingerprint density at radius 1 is 1.33 bits per heavy atom. The third-order valence-corrected chi connectivity index (χ3v) is 3.38. The average Bonchev–Trinajstić information content (AvgIpc) is 2.45. The number of amides is 1. The van der Waals surface area contributed by atoms with Crippen LogP contribution in [0.15, 0.2) is 24.3 Å². The summed E-state index contributed by atoms with van der Waals surface area (Å²) in [6, 6.07) is 4.91. The molecular weight excluding hydrogens is 283 g/mol. The Kier molecular flexibility index (Phi) is 4.84. The van der Waals surface area contributed by atoms with Crippen LogP contribution in [-0.2, 0) is 17.5 Å². The first-order chi connectivity index (χ1) is 9.86. The summed E-state index contributed by atoms with van der Waals surface area (Å²) in [5.74, 6) is -0.216. The molecular formula is C14H18F3N3O. The van der Waals surface area contributed by atoms with E-state index in [-0.39, 0.29) is 18.5 Å². The third-order valence-electron chi connectivity index (χ3n) is 3.38. The van der Waals surface area contributed by atoms with E-state index in [1.807, 2.05) is 6.92 Å². The summed E-state index contributed by atoms with van der Waals surface area (Å²) >= 11 is 0. The van der Waals surface area contributed by atoms with Gasteiger partial charge in [0.1, 0.15) is 0 Å². The zero-order chi connectivity index (χ0) is 15.5. The minimum absolute atomic E-state index is 0.0798. The van der Waals surface area contributed by atoms with Crippen molar-refractivity contribution in [1.82, 2.24) is 16.0 Å². The first-order valence-corrected chi connectivity index (χ1v) is 6.77. The Morgan fingerprint density at radius 3 is 2.71 bits per heavy atom. The van der Waals surface area contributed by atoms with E-state index in [9.17, 15) is 18.0 Å². The van der Waals surface area contributed by atoms with Gasteiger partial charge in [-0.2, -0.15) is 13.2 Å². The fraction of sp³-hybridized carbons (Fsp3) is 0.500. The minimum Gasteiger partial charge on any atom is -0.351 e. The second kappa shape index (κ2) is 6.44. The number of carbonyl (C=O) groups excluding carboxylic acids is 1. The zero-order valence-corrected chi connectivity index (χ0v) is 11.6. The summed E-state index contributed by atoms with van der Waals surface area (Å²) < 4.78 is 37.8. The largest absolute Gasteiger partial charge is 0.416 e. The number of halogens is 3. The SMILES string of the molecule is CC1CNC(C(=O)NCc2cccc(C(F)(F)F)c2)CN1. The van der Waals surface area contributed by atoms with Gasteiger partial charge >= 0.3 is 6.18 Å². The molecule has 1 amide bonds. The third kappa shape index (κ3) is 4.44. The molecule has 1 saturated heterocycles. The highest BCUT2D eigenvalue weighted by atomic mass is 19.4. The molecule has 116 valence electrons. The number of hydrogen-bond acceptors (Lipinski definition) is 3. The number of alkyl halides is 3. The summed E-state index contributed by atoms with van der Waals surface area (Å²) in [6.45, 7) is 3.28. The number of hydrogen-bond donors (Lipinski definition) is 3. The maximum atomic E-state index is 12.6. The van der Waals surface area contributed by atoms with Gasteiger partial charge in [0.25, 0.3) is 0 Å². The van der Waals surface area contributed by atoms with Crippen molar-refractivity contribution in [2.24, 2.45) is 0 Å². The second-order valence-electron chi connectivity index (χ2n) is 5.19. The van der Waals surface area contributed by atoms with Crippen molar-refractivity contribution < 1.29 is 18.0 Å². The molecule has 1 heterocycles. The van der Waals surface area contributed by atoms with Crippen molar-refractivity contribution in [2.45, 2.75) is 31.7 Å². The topological polar surface area (TPSA) is 53.2 Å². The molecule has 0 radical (unpaired) electrons. The molecule has 0 aliphatic carbocycles. The van der Waals surface area contributed by atoms with Crippen molar-refractivity contribution in [3.05, 3.63) is 35.4 Å². The molecule has 0 saturated carbocycles. The van der Waals surface area contributed by atoms with Gasteiger partial charge in [0, 0.05) is 25.7 Å². The monoisotopic (exact) mass is 301 g/mol. The van der Waals surface area contributed by atoms with E-state index in [2.05, 4.69) is 16.0 Å². The quantitative estimate of drug-likeness (QED) is 0.788. The lowest BCUT2D eigenvalue weighted by Gasteiger charge is -2.28. The highest BCUT2D eigenvalue weighted by Gasteiger charge is 2.30. The van der Waals surface area contributed by atoms with Gasteiger partial charge in [-0.05, 0) is 24.6 Å². The maximum Gasteiger partial charge on any atom is 0.416 e. The lowest BCUT2D eigenvalue weighted by atomic mass is 10.1. The van der Waals surface area contributed by atoms with Crippen LogP contribution in [0.3, 0.4) is 0 Å². The van der Waals surface area contributed by atoms with Crippen LogP contribution in [0.5, 0.6) is 0 Å². The van der Waals surface area contributed by atoms with Gasteiger partial charge in [-0.3, -0.25) is 4.79 Å². The highest BCUT2D eigenvalue weighted by molar-refractivity contribution is 5.82. The number of piperazine rings is 1. The molecule has 2 unspecified atom stereocenters. The summed E-state index contributed by atoms with van der Waals surface area (Å²) in [7, 11) is 0. The van der Waals surface area contributed by atoms with Crippen molar-refractivity contribution in [3.63, 3.8) is 0 Å². The first kappa shape index (κ1) is 15.8. The molecule has 1 aliphatic rings. The molecule has 2 atom stereocenters. The first-order valence-electron chi connectivity index (χ1n) is 6.77. The summed E-state index contributed by atoms with van der Waals surface area (Å²) in [5, 5.41) is 8.91. The van der Waals surface area contributed by atoms with Gasteiger partial charge in [0.15, 0.2) is 0 Å². The Labute approximate surface area is 121 Å². The molecule has 1 aromatic carbocycles. The molecule has 0 bridgehead atoms. The number of nitrogens with one attached hydrogen (secondary N) is 3. The Hall–Kier alpha value is -1.60. The van der Waals surface area contributed by atoms with E-state index in [0.717, 1.165) is 12.1 Å². The van der Waals surface area contributed by atoms with Crippen LogP contribution < -0.4 is 16.0 Å². The normalized spacial score (nSPS) is 22.9. The van der Waals surface area contributed by atoms with E-state index in [0.29, 0.717) is 24.7 Å². The Bertz CT molecular complexity index is 496. The molecule has 2 rings (SSSR count). The van der Waals surface area contributed by atoms with Gasteiger partial charge in [-0.1, -0.05) is 12.1 Å². The van der Waals surface area contributed by atoms with Gasteiger partial charge in [0.2, 0.25) is 5.91 Å². The molecule has 3 N–H and O–H groups in total. The molecule has 0 spiro atoms. The summed E-state index contributed by atoms with van der Waals surface area (Å²) in [4.78, 5) is 11.9.